The lowest BCUT2D eigenvalue weighted by atomic mass is 10.0. The number of hydrogen-bond acceptors (Lipinski definition) is 4. The molecular weight excluding hydrogens is 328 g/mol. The molecule has 1 atom stereocenters. The molecule has 0 spiro atoms. The molecule has 2 aromatic rings. The third-order valence-corrected chi connectivity index (χ3v) is 3.78. The molecule has 0 saturated heterocycles. The van der Waals surface area contributed by atoms with Crippen molar-refractivity contribution in [2.45, 2.75) is 19.6 Å². The lowest BCUT2D eigenvalue weighted by molar-refractivity contribution is -0.129. The number of carbonyl (C=O) groups is 1. The first kappa shape index (κ1) is 18.0. The number of likely N-dealkylation sites (N-methyl/N-ethyl adjacent to an activating group) is 1. The molecule has 6 heteroatoms. The molecule has 2 rings (SSSR count). The van der Waals surface area contributed by atoms with Gasteiger partial charge in [-0.15, -0.1) is 0 Å². The summed E-state index contributed by atoms with van der Waals surface area (Å²) in [6, 6.07) is 14.3. The van der Waals surface area contributed by atoms with Gasteiger partial charge in [0, 0.05) is 12.1 Å². The zero-order valence-electron chi connectivity index (χ0n) is 13.5. The maximum absolute atomic E-state index is 11.6. The molecule has 5 nitrogen and oxygen atoms in total. The Kier molecular flexibility index (Phi) is 6.35. The number of oxime groups is 1. The van der Waals surface area contributed by atoms with Gasteiger partial charge in [0.2, 0.25) is 0 Å². The van der Waals surface area contributed by atoms with Crippen LogP contribution in [0.25, 0.3) is 0 Å². The Morgan fingerprint density at radius 1 is 1.25 bits per heavy atom. The monoisotopic (exact) mass is 346 g/mol. The van der Waals surface area contributed by atoms with E-state index in [1.807, 2.05) is 25.1 Å². The van der Waals surface area contributed by atoms with Crippen molar-refractivity contribution in [2.24, 2.45) is 5.16 Å². The molecule has 0 aliphatic rings. The van der Waals surface area contributed by atoms with E-state index in [0.717, 1.165) is 5.56 Å². The van der Waals surface area contributed by atoms with Crippen molar-refractivity contribution in [3.05, 3.63) is 70.2 Å². The molecule has 0 bridgehead atoms. The smallest absolute Gasteiger partial charge is 0.253 e. The van der Waals surface area contributed by atoms with Crippen molar-refractivity contribution in [1.29, 1.82) is 0 Å². The van der Waals surface area contributed by atoms with E-state index in [0.29, 0.717) is 21.9 Å². The van der Waals surface area contributed by atoms with Crippen molar-refractivity contribution in [3.63, 3.8) is 0 Å². The molecule has 0 saturated carbocycles. The number of aliphatic hydroxyl groups is 1. The van der Waals surface area contributed by atoms with Crippen LogP contribution in [-0.4, -0.2) is 23.8 Å². The average molecular weight is 347 g/mol. The number of rotatable bonds is 6. The maximum atomic E-state index is 11.6. The van der Waals surface area contributed by atoms with Crippen molar-refractivity contribution >= 4 is 23.2 Å². The van der Waals surface area contributed by atoms with E-state index in [4.69, 9.17) is 16.4 Å². The van der Waals surface area contributed by atoms with E-state index in [2.05, 4.69) is 10.5 Å². The minimum absolute atomic E-state index is 0.148. The molecule has 0 aromatic heterocycles. The van der Waals surface area contributed by atoms with Crippen molar-refractivity contribution in [1.82, 2.24) is 5.32 Å². The van der Waals surface area contributed by atoms with Crippen molar-refractivity contribution < 1.29 is 14.7 Å². The molecule has 2 N–H and O–H groups in total. The van der Waals surface area contributed by atoms with Crippen LogP contribution in [0.1, 0.15) is 29.7 Å². The third-order valence-electron chi connectivity index (χ3n) is 3.53. The highest BCUT2D eigenvalue weighted by molar-refractivity contribution is 6.30. The zero-order valence-corrected chi connectivity index (χ0v) is 14.2. The van der Waals surface area contributed by atoms with Crippen LogP contribution in [0.4, 0.5) is 0 Å². The number of hydrogen-bond donors (Lipinski definition) is 2. The normalized spacial score (nSPS) is 12.6. The fourth-order valence-electron chi connectivity index (χ4n) is 2.15. The average Bonchev–Trinajstić information content (AvgIpc) is 2.61. The van der Waals surface area contributed by atoms with Gasteiger partial charge in [-0.05, 0) is 35.7 Å². The van der Waals surface area contributed by atoms with Gasteiger partial charge in [0.05, 0.1) is 5.71 Å². The second-order valence-electron chi connectivity index (χ2n) is 5.17. The Labute approximate surface area is 145 Å². The summed E-state index contributed by atoms with van der Waals surface area (Å²) in [6.45, 7) is 1.98. The maximum Gasteiger partial charge on any atom is 0.253 e. The van der Waals surface area contributed by atoms with Crippen molar-refractivity contribution in [2.75, 3.05) is 7.05 Å². The number of benzene rings is 2. The SMILES string of the molecule is CNC(=O)C(O)c1ccccc1CON=C(C)c1ccc(Cl)cc1. The van der Waals surface area contributed by atoms with E-state index in [1.54, 1.807) is 30.3 Å². The number of nitrogens with zero attached hydrogens (tertiary/aromatic N) is 1. The quantitative estimate of drug-likeness (QED) is 0.623. The molecule has 2 aromatic carbocycles. The molecule has 0 aliphatic carbocycles. The third kappa shape index (κ3) is 4.57. The molecule has 0 heterocycles. The molecule has 24 heavy (non-hydrogen) atoms. The molecule has 0 radical (unpaired) electrons. The standard InChI is InChI=1S/C18H19ClN2O3/c1-12(13-7-9-15(19)10-8-13)21-24-11-14-5-3-4-6-16(14)17(22)18(23)20-2/h3-10,17,22H,11H2,1-2H3,(H,20,23). The molecule has 126 valence electrons. The Bertz CT molecular complexity index is 729. The van der Waals surface area contributed by atoms with Gasteiger partial charge < -0.3 is 15.3 Å². The number of aliphatic hydroxyl groups excluding tert-OH is 1. The zero-order chi connectivity index (χ0) is 17.5. The van der Waals surface area contributed by atoms with E-state index < -0.39 is 12.0 Å². The fourth-order valence-corrected chi connectivity index (χ4v) is 2.28. The Balaban J connectivity index is 2.08. The molecule has 0 aliphatic heterocycles. The number of amides is 1. The predicted molar refractivity (Wildman–Crippen MR) is 93.9 cm³/mol. The minimum Gasteiger partial charge on any atom is -0.391 e. The first-order valence-corrected chi connectivity index (χ1v) is 7.80. The van der Waals surface area contributed by atoms with Crippen LogP contribution in [0.15, 0.2) is 53.7 Å². The molecule has 0 fully saturated rings. The first-order chi connectivity index (χ1) is 11.5. The van der Waals surface area contributed by atoms with Gasteiger partial charge >= 0.3 is 0 Å². The number of nitrogens with one attached hydrogen (secondary N) is 1. The van der Waals surface area contributed by atoms with E-state index >= 15 is 0 Å². The fraction of sp³-hybridized carbons (Fsp3) is 0.222. The Morgan fingerprint density at radius 2 is 1.92 bits per heavy atom. The summed E-state index contributed by atoms with van der Waals surface area (Å²) in [5.41, 5.74) is 2.80. The highest BCUT2D eigenvalue weighted by Crippen LogP contribution is 2.19. The Morgan fingerprint density at radius 3 is 2.58 bits per heavy atom. The highest BCUT2D eigenvalue weighted by Gasteiger charge is 2.18. The summed E-state index contributed by atoms with van der Waals surface area (Å²) < 4.78 is 0. The summed E-state index contributed by atoms with van der Waals surface area (Å²) in [7, 11) is 1.48. The summed E-state index contributed by atoms with van der Waals surface area (Å²) >= 11 is 5.86. The van der Waals surface area contributed by atoms with Gasteiger partial charge in [0.1, 0.15) is 6.61 Å². The van der Waals surface area contributed by atoms with Crippen LogP contribution in [0.2, 0.25) is 5.02 Å². The summed E-state index contributed by atoms with van der Waals surface area (Å²) in [5, 5.41) is 17.2. The summed E-state index contributed by atoms with van der Waals surface area (Å²) in [5.74, 6) is -0.469. The van der Waals surface area contributed by atoms with Gasteiger partial charge in [-0.1, -0.05) is 53.2 Å². The van der Waals surface area contributed by atoms with Crippen LogP contribution in [0.5, 0.6) is 0 Å². The van der Waals surface area contributed by atoms with E-state index in [-0.39, 0.29) is 6.61 Å². The predicted octanol–water partition coefficient (Wildman–Crippen LogP) is 3.06. The molecular formula is C18H19ClN2O3. The van der Waals surface area contributed by atoms with Gasteiger partial charge in [-0.25, -0.2) is 0 Å². The largest absolute Gasteiger partial charge is 0.391 e. The van der Waals surface area contributed by atoms with Gasteiger partial charge in [0.15, 0.2) is 6.10 Å². The van der Waals surface area contributed by atoms with Crippen LogP contribution >= 0.6 is 11.6 Å². The highest BCUT2D eigenvalue weighted by atomic mass is 35.5. The van der Waals surface area contributed by atoms with Crippen LogP contribution in [0, 0.1) is 0 Å². The lowest BCUT2D eigenvalue weighted by Crippen LogP contribution is -2.26. The van der Waals surface area contributed by atoms with Gasteiger partial charge in [-0.3, -0.25) is 4.79 Å². The molecule has 1 amide bonds. The molecule has 1 unspecified atom stereocenters. The van der Waals surface area contributed by atoms with Gasteiger partial charge in [0.25, 0.3) is 5.91 Å². The van der Waals surface area contributed by atoms with E-state index in [1.165, 1.54) is 7.05 Å². The summed E-state index contributed by atoms with van der Waals surface area (Å²) in [4.78, 5) is 17.0. The lowest BCUT2D eigenvalue weighted by Gasteiger charge is -2.13. The summed E-state index contributed by atoms with van der Waals surface area (Å²) in [6.07, 6.45) is -1.24. The van der Waals surface area contributed by atoms with Crippen LogP contribution in [-0.2, 0) is 16.2 Å². The number of carbonyl (C=O) groups excluding carboxylic acids is 1. The first-order valence-electron chi connectivity index (χ1n) is 7.43. The van der Waals surface area contributed by atoms with Crippen molar-refractivity contribution in [3.8, 4) is 0 Å². The van der Waals surface area contributed by atoms with Crippen LogP contribution < -0.4 is 5.32 Å². The topological polar surface area (TPSA) is 70.9 Å². The second-order valence-corrected chi connectivity index (χ2v) is 5.61. The van der Waals surface area contributed by atoms with E-state index in [9.17, 15) is 9.90 Å². The van der Waals surface area contributed by atoms with Crippen LogP contribution in [0.3, 0.4) is 0 Å². The minimum atomic E-state index is -1.24. The van der Waals surface area contributed by atoms with Gasteiger partial charge in [-0.2, -0.15) is 0 Å². The second kappa shape index (κ2) is 8.47. The number of halogens is 1. The Hall–Kier alpha value is -2.37.